The third-order valence-electron chi connectivity index (χ3n) is 4.04. The van der Waals surface area contributed by atoms with E-state index < -0.39 is 6.10 Å². The summed E-state index contributed by atoms with van der Waals surface area (Å²) in [6.45, 7) is 6.53. The second-order valence-corrected chi connectivity index (χ2v) is 8.57. The molecule has 1 unspecified atom stereocenters. The minimum absolute atomic E-state index is 0.207. The largest absolute Gasteiger partial charge is 0.385 e. The van der Waals surface area contributed by atoms with Crippen LogP contribution < -0.4 is 0 Å². The maximum atomic E-state index is 10.3. The zero-order chi connectivity index (χ0) is 19.6. The van der Waals surface area contributed by atoms with Crippen LogP contribution in [0, 0.1) is 0 Å². The molecule has 0 bridgehead atoms. The molecule has 0 saturated carbocycles. The highest BCUT2D eigenvalue weighted by atomic mass is 35.5. The number of hydrogen-bond donors (Lipinski definition) is 1. The molecule has 1 aromatic carbocycles. The summed E-state index contributed by atoms with van der Waals surface area (Å²) in [4.78, 5) is 9.77. The van der Waals surface area contributed by atoms with Gasteiger partial charge in [-0.1, -0.05) is 48.8 Å². The summed E-state index contributed by atoms with van der Waals surface area (Å²) in [6.07, 6.45) is 2.85. The second-order valence-electron chi connectivity index (χ2n) is 6.64. The Hall–Kier alpha value is -1.53. The number of imidazole rings is 1. The highest BCUT2D eigenvalue weighted by Gasteiger charge is 2.23. The van der Waals surface area contributed by atoms with E-state index in [2.05, 4.69) is 23.4 Å². The number of aromatic nitrogens is 3. The lowest BCUT2D eigenvalue weighted by Crippen LogP contribution is -2.09. The van der Waals surface area contributed by atoms with Gasteiger partial charge < -0.3 is 9.67 Å². The molecule has 0 aliphatic carbocycles. The van der Waals surface area contributed by atoms with Crippen LogP contribution in [0.1, 0.15) is 49.9 Å². The molecule has 0 aliphatic heterocycles. The highest BCUT2D eigenvalue weighted by molar-refractivity contribution is 7.99. The molecule has 1 atom stereocenters. The number of pyridine rings is 1. The van der Waals surface area contributed by atoms with Gasteiger partial charge >= 0.3 is 0 Å². The van der Waals surface area contributed by atoms with Gasteiger partial charge in [0.2, 0.25) is 0 Å². The first-order valence-corrected chi connectivity index (χ1v) is 10.2. The van der Waals surface area contributed by atoms with Crippen molar-refractivity contribution in [2.75, 3.05) is 0 Å². The maximum absolute atomic E-state index is 10.3. The Bertz CT molecular complexity index is 906. The first-order chi connectivity index (χ1) is 12.8. The van der Waals surface area contributed by atoms with Gasteiger partial charge in [-0.25, -0.2) is 4.98 Å². The molecule has 142 valence electrons. The third kappa shape index (κ3) is 4.85. The maximum Gasteiger partial charge on any atom is 0.138 e. The number of rotatable bonds is 6. The topological polar surface area (TPSA) is 50.9 Å². The predicted octanol–water partition coefficient (Wildman–Crippen LogP) is 5.96. The van der Waals surface area contributed by atoms with E-state index in [1.165, 1.54) is 0 Å². The van der Waals surface area contributed by atoms with E-state index in [1.54, 1.807) is 37.1 Å². The van der Waals surface area contributed by atoms with Crippen molar-refractivity contribution in [2.45, 2.75) is 49.3 Å². The number of halogens is 2. The Balaban J connectivity index is 2.11. The molecule has 7 heteroatoms. The molecule has 1 N–H and O–H groups in total. The summed E-state index contributed by atoms with van der Waals surface area (Å²) < 4.78 is 2.06. The van der Waals surface area contributed by atoms with Gasteiger partial charge in [0.15, 0.2) is 0 Å². The van der Waals surface area contributed by atoms with Gasteiger partial charge in [-0.3, -0.25) is 4.98 Å². The van der Waals surface area contributed by atoms with Crippen LogP contribution in [0.2, 0.25) is 10.0 Å². The van der Waals surface area contributed by atoms with E-state index in [4.69, 9.17) is 28.2 Å². The molecule has 0 spiro atoms. The molecule has 27 heavy (non-hydrogen) atoms. The normalized spacial score (nSPS) is 12.6. The Kier molecular flexibility index (Phi) is 6.48. The predicted molar refractivity (Wildman–Crippen MR) is 111 cm³/mol. The standard InChI is InChI=1S/C20H21Cl2N3OS/c1-12(2)18-20(27-17-9-15(21)8-16(22)10-17)25(19(24-18)13(3)26)11-14-4-6-23-7-5-14/h4-10,12-13,26H,11H2,1-3H3. The molecule has 3 rings (SSSR count). The van der Waals surface area contributed by atoms with Crippen LogP contribution in [0.3, 0.4) is 0 Å². The molecular weight excluding hydrogens is 401 g/mol. The summed E-state index contributed by atoms with van der Waals surface area (Å²) >= 11 is 13.9. The Morgan fingerprint density at radius 1 is 1.07 bits per heavy atom. The number of benzene rings is 1. The third-order valence-corrected chi connectivity index (χ3v) is 5.57. The fourth-order valence-electron chi connectivity index (χ4n) is 2.80. The Labute approximate surface area is 173 Å². The fourth-order valence-corrected chi connectivity index (χ4v) is 4.70. The quantitative estimate of drug-likeness (QED) is 0.533. The van der Waals surface area contributed by atoms with E-state index in [0.717, 1.165) is 21.2 Å². The SMILES string of the molecule is CC(C)c1nc(C(C)O)n(Cc2ccncc2)c1Sc1cc(Cl)cc(Cl)c1. The monoisotopic (exact) mass is 421 g/mol. The summed E-state index contributed by atoms with van der Waals surface area (Å²) in [5.74, 6) is 0.851. The van der Waals surface area contributed by atoms with Gasteiger partial charge in [0.05, 0.1) is 12.2 Å². The van der Waals surface area contributed by atoms with Crippen LogP contribution in [0.25, 0.3) is 0 Å². The number of aliphatic hydroxyl groups excluding tert-OH is 1. The second kappa shape index (κ2) is 8.65. The van der Waals surface area contributed by atoms with Crippen molar-refractivity contribution in [3.8, 4) is 0 Å². The van der Waals surface area contributed by atoms with Crippen LogP contribution >= 0.6 is 35.0 Å². The lowest BCUT2D eigenvalue weighted by atomic mass is 10.1. The summed E-state index contributed by atoms with van der Waals surface area (Å²) in [5, 5.41) is 12.5. The van der Waals surface area contributed by atoms with E-state index in [0.29, 0.717) is 22.4 Å². The fraction of sp³-hybridized carbons (Fsp3) is 0.300. The van der Waals surface area contributed by atoms with Crippen molar-refractivity contribution >= 4 is 35.0 Å². The van der Waals surface area contributed by atoms with Gasteiger partial charge in [-0.05, 0) is 48.7 Å². The van der Waals surface area contributed by atoms with Crippen molar-refractivity contribution in [2.24, 2.45) is 0 Å². The van der Waals surface area contributed by atoms with Crippen molar-refractivity contribution in [1.29, 1.82) is 0 Å². The number of nitrogens with zero attached hydrogens (tertiary/aromatic N) is 3. The van der Waals surface area contributed by atoms with Crippen LogP contribution in [0.15, 0.2) is 52.6 Å². The number of aliphatic hydroxyl groups is 1. The Morgan fingerprint density at radius 2 is 1.70 bits per heavy atom. The first-order valence-electron chi connectivity index (χ1n) is 8.66. The van der Waals surface area contributed by atoms with E-state index in [9.17, 15) is 5.11 Å². The molecule has 0 saturated heterocycles. The molecule has 4 nitrogen and oxygen atoms in total. The molecular formula is C20H21Cl2N3OS. The minimum Gasteiger partial charge on any atom is -0.385 e. The summed E-state index contributed by atoms with van der Waals surface area (Å²) in [6, 6.07) is 9.41. The van der Waals surface area contributed by atoms with Gasteiger partial charge in [-0.15, -0.1) is 0 Å². The first kappa shape index (κ1) is 20.2. The molecule has 0 amide bonds. The lowest BCUT2D eigenvalue weighted by molar-refractivity contribution is 0.183. The smallest absolute Gasteiger partial charge is 0.138 e. The molecule has 0 aliphatic rings. The van der Waals surface area contributed by atoms with Crippen molar-refractivity contribution in [3.05, 3.63) is 69.9 Å². The van der Waals surface area contributed by atoms with Crippen LogP contribution in [0.4, 0.5) is 0 Å². The summed E-state index contributed by atoms with van der Waals surface area (Å²) in [7, 11) is 0. The zero-order valence-corrected chi connectivity index (χ0v) is 17.7. The summed E-state index contributed by atoms with van der Waals surface area (Å²) in [5.41, 5.74) is 2.03. The van der Waals surface area contributed by atoms with Gasteiger partial charge in [0.25, 0.3) is 0 Å². The van der Waals surface area contributed by atoms with Gasteiger partial charge in [-0.2, -0.15) is 0 Å². The van der Waals surface area contributed by atoms with E-state index in [-0.39, 0.29) is 5.92 Å². The molecule has 3 aromatic rings. The van der Waals surface area contributed by atoms with Crippen molar-refractivity contribution in [3.63, 3.8) is 0 Å². The average molecular weight is 422 g/mol. The zero-order valence-electron chi connectivity index (χ0n) is 15.4. The van der Waals surface area contributed by atoms with Crippen LogP contribution in [0.5, 0.6) is 0 Å². The molecule has 0 fully saturated rings. The highest BCUT2D eigenvalue weighted by Crippen LogP contribution is 2.38. The molecule has 2 heterocycles. The van der Waals surface area contributed by atoms with Crippen molar-refractivity contribution < 1.29 is 5.11 Å². The van der Waals surface area contributed by atoms with Crippen LogP contribution in [-0.4, -0.2) is 19.6 Å². The van der Waals surface area contributed by atoms with E-state index >= 15 is 0 Å². The van der Waals surface area contributed by atoms with Crippen LogP contribution in [-0.2, 0) is 6.54 Å². The molecule has 2 aromatic heterocycles. The van der Waals surface area contributed by atoms with Crippen molar-refractivity contribution in [1.82, 2.24) is 14.5 Å². The van der Waals surface area contributed by atoms with E-state index in [1.807, 2.05) is 24.3 Å². The van der Waals surface area contributed by atoms with Gasteiger partial charge in [0, 0.05) is 27.3 Å². The minimum atomic E-state index is -0.679. The lowest BCUT2D eigenvalue weighted by Gasteiger charge is -2.14. The molecule has 0 radical (unpaired) electrons. The number of hydrogen-bond acceptors (Lipinski definition) is 4. The Morgan fingerprint density at radius 3 is 2.26 bits per heavy atom. The van der Waals surface area contributed by atoms with Gasteiger partial charge in [0.1, 0.15) is 17.0 Å². The average Bonchev–Trinajstić information content (AvgIpc) is 2.94.